The Kier molecular flexibility index (Phi) is 8.35. The number of nitrogens with zero attached hydrogens (tertiary/aromatic N) is 1. The van der Waals surface area contributed by atoms with Crippen LogP contribution in [0.25, 0.3) is 0 Å². The van der Waals surface area contributed by atoms with E-state index in [1.807, 2.05) is 30.3 Å². The van der Waals surface area contributed by atoms with Crippen LogP contribution >= 0.6 is 0 Å². The van der Waals surface area contributed by atoms with Gasteiger partial charge < -0.3 is 15.4 Å². The van der Waals surface area contributed by atoms with Gasteiger partial charge in [0.15, 0.2) is 5.96 Å². The monoisotopic (exact) mass is 327 g/mol. The molecular weight excluding hydrogens is 302 g/mol. The molecule has 0 atom stereocenters. The SMILES string of the molecule is CN=C(NCCCOc1ccccc1)NCCCS(C)(=O)=O. The fourth-order valence-corrected chi connectivity index (χ4v) is 2.42. The summed E-state index contributed by atoms with van der Waals surface area (Å²) >= 11 is 0. The lowest BCUT2D eigenvalue weighted by atomic mass is 10.3. The summed E-state index contributed by atoms with van der Waals surface area (Å²) in [4.78, 5) is 4.08. The minimum atomic E-state index is -2.90. The van der Waals surface area contributed by atoms with Crippen molar-refractivity contribution in [2.24, 2.45) is 4.99 Å². The number of sulfone groups is 1. The zero-order chi connectivity index (χ0) is 16.3. The summed E-state index contributed by atoms with van der Waals surface area (Å²) in [5.41, 5.74) is 0. The van der Waals surface area contributed by atoms with E-state index in [1.54, 1.807) is 7.05 Å². The predicted molar refractivity (Wildman–Crippen MR) is 90.2 cm³/mol. The third-order valence-corrected chi connectivity index (χ3v) is 3.86. The van der Waals surface area contributed by atoms with Crippen molar-refractivity contribution in [3.05, 3.63) is 30.3 Å². The predicted octanol–water partition coefficient (Wildman–Crippen LogP) is 1.06. The third-order valence-electron chi connectivity index (χ3n) is 2.83. The fraction of sp³-hybridized carbons (Fsp3) is 0.533. The smallest absolute Gasteiger partial charge is 0.190 e. The summed E-state index contributed by atoms with van der Waals surface area (Å²) in [6, 6.07) is 9.69. The van der Waals surface area contributed by atoms with Gasteiger partial charge in [-0.05, 0) is 25.0 Å². The second-order valence-corrected chi connectivity index (χ2v) is 7.18. The molecule has 0 saturated carbocycles. The molecule has 7 heteroatoms. The molecule has 0 fully saturated rings. The first-order valence-corrected chi connectivity index (χ1v) is 9.37. The molecule has 2 N–H and O–H groups in total. The van der Waals surface area contributed by atoms with E-state index in [2.05, 4.69) is 15.6 Å². The molecule has 22 heavy (non-hydrogen) atoms. The van der Waals surface area contributed by atoms with Gasteiger partial charge in [0.05, 0.1) is 12.4 Å². The van der Waals surface area contributed by atoms with E-state index in [0.717, 1.165) is 18.7 Å². The van der Waals surface area contributed by atoms with Crippen LogP contribution in [0.1, 0.15) is 12.8 Å². The van der Waals surface area contributed by atoms with Crippen molar-refractivity contribution < 1.29 is 13.2 Å². The highest BCUT2D eigenvalue weighted by molar-refractivity contribution is 7.90. The Morgan fingerprint density at radius 3 is 2.36 bits per heavy atom. The lowest BCUT2D eigenvalue weighted by Crippen LogP contribution is -2.38. The molecular formula is C15H25N3O3S. The maximum Gasteiger partial charge on any atom is 0.190 e. The maximum atomic E-state index is 11.0. The molecule has 0 aliphatic heterocycles. The molecule has 0 amide bonds. The number of hydrogen-bond acceptors (Lipinski definition) is 4. The molecule has 0 bridgehead atoms. The highest BCUT2D eigenvalue weighted by atomic mass is 32.2. The van der Waals surface area contributed by atoms with Crippen LogP contribution in [0.15, 0.2) is 35.3 Å². The number of guanidine groups is 1. The standard InChI is InChI=1S/C15H25N3O3S/c1-16-15(18-11-7-13-22(2,19)20)17-10-6-12-21-14-8-4-3-5-9-14/h3-5,8-9H,6-7,10-13H2,1-2H3,(H2,16,17,18). The number of rotatable bonds is 9. The van der Waals surface area contributed by atoms with Gasteiger partial charge in [0, 0.05) is 26.4 Å². The normalized spacial score (nSPS) is 12.0. The topological polar surface area (TPSA) is 79.8 Å². The lowest BCUT2D eigenvalue weighted by molar-refractivity contribution is 0.311. The second kappa shape index (κ2) is 10.0. The molecule has 1 aromatic rings. The number of nitrogens with one attached hydrogen (secondary N) is 2. The van der Waals surface area contributed by atoms with Crippen molar-refractivity contribution in [2.45, 2.75) is 12.8 Å². The first kappa shape index (κ1) is 18.3. The Morgan fingerprint density at radius 2 is 1.77 bits per heavy atom. The number of para-hydroxylation sites is 1. The average Bonchev–Trinajstić information content (AvgIpc) is 2.49. The Bertz CT molecular complexity index is 544. The summed E-state index contributed by atoms with van der Waals surface area (Å²) in [6.07, 6.45) is 2.66. The largest absolute Gasteiger partial charge is 0.494 e. The van der Waals surface area contributed by atoms with Crippen molar-refractivity contribution in [1.82, 2.24) is 10.6 Å². The molecule has 0 saturated heterocycles. The van der Waals surface area contributed by atoms with Crippen LogP contribution in [0.5, 0.6) is 5.75 Å². The number of hydrogen-bond donors (Lipinski definition) is 2. The minimum absolute atomic E-state index is 0.182. The van der Waals surface area contributed by atoms with E-state index in [9.17, 15) is 8.42 Å². The van der Waals surface area contributed by atoms with Crippen LogP contribution in [-0.2, 0) is 9.84 Å². The lowest BCUT2D eigenvalue weighted by Gasteiger charge is -2.12. The molecule has 0 heterocycles. The number of aliphatic imine (C=N–C) groups is 1. The fourth-order valence-electron chi connectivity index (χ4n) is 1.75. The van der Waals surface area contributed by atoms with Crippen LogP contribution in [0.2, 0.25) is 0 Å². The molecule has 0 aliphatic carbocycles. The van der Waals surface area contributed by atoms with Gasteiger partial charge in [-0.1, -0.05) is 18.2 Å². The van der Waals surface area contributed by atoms with Gasteiger partial charge in [-0.3, -0.25) is 4.99 Å². The van der Waals surface area contributed by atoms with Crippen molar-refractivity contribution in [3.8, 4) is 5.75 Å². The van der Waals surface area contributed by atoms with E-state index in [-0.39, 0.29) is 5.75 Å². The van der Waals surface area contributed by atoms with Crippen LogP contribution in [0.3, 0.4) is 0 Å². The van der Waals surface area contributed by atoms with Crippen LogP contribution in [0.4, 0.5) is 0 Å². The third kappa shape index (κ3) is 9.23. The quantitative estimate of drug-likeness (QED) is 0.403. The summed E-state index contributed by atoms with van der Waals surface area (Å²) in [5, 5.41) is 6.25. The van der Waals surface area contributed by atoms with E-state index in [4.69, 9.17) is 4.74 Å². The molecule has 0 aromatic heterocycles. The van der Waals surface area contributed by atoms with Gasteiger partial charge in [0.25, 0.3) is 0 Å². The Morgan fingerprint density at radius 1 is 1.14 bits per heavy atom. The first-order chi connectivity index (χ1) is 10.5. The summed E-state index contributed by atoms with van der Waals surface area (Å²) in [5.74, 6) is 1.72. The van der Waals surface area contributed by atoms with Crippen molar-refractivity contribution >= 4 is 15.8 Å². The van der Waals surface area contributed by atoms with Crippen molar-refractivity contribution in [1.29, 1.82) is 0 Å². The van der Waals surface area contributed by atoms with Crippen molar-refractivity contribution in [3.63, 3.8) is 0 Å². The molecule has 1 rings (SSSR count). The second-order valence-electron chi connectivity index (χ2n) is 4.92. The first-order valence-electron chi connectivity index (χ1n) is 7.31. The molecule has 0 unspecified atom stereocenters. The van der Waals surface area contributed by atoms with Gasteiger partial charge in [0.1, 0.15) is 15.6 Å². The molecule has 124 valence electrons. The number of ether oxygens (including phenoxy) is 1. The Labute approximate surface area is 132 Å². The van der Waals surface area contributed by atoms with Gasteiger partial charge in [0.2, 0.25) is 0 Å². The van der Waals surface area contributed by atoms with Gasteiger partial charge >= 0.3 is 0 Å². The van der Waals surface area contributed by atoms with E-state index < -0.39 is 9.84 Å². The highest BCUT2D eigenvalue weighted by Crippen LogP contribution is 2.07. The summed E-state index contributed by atoms with van der Waals surface area (Å²) in [6.45, 7) is 1.94. The molecule has 0 spiro atoms. The average molecular weight is 327 g/mol. The molecule has 1 aromatic carbocycles. The van der Waals surface area contributed by atoms with E-state index >= 15 is 0 Å². The molecule has 6 nitrogen and oxygen atoms in total. The zero-order valence-corrected chi connectivity index (χ0v) is 14.0. The van der Waals surface area contributed by atoms with Crippen molar-refractivity contribution in [2.75, 3.05) is 38.8 Å². The Hall–Kier alpha value is -1.76. The number of benzene rings is 1. The summed E-state index contributed by atoms with van der Waals surface area (Å²) < 4.78 is 27.6. The zero-order valence-electron chi connectivity index (χ0n) is 13.2. The van der Waals surface area contributed by atoms with Gasteiger partial charge in [-0.25, -0.2) is 8.42 Å². The molecule has 0 radical (unpaired) electrons. The van der Waals surface area contributed by atoms with Gasteiger partial charge in [-0.2, -0.15) is 0 Å². The van der Waals surface area contributed by atoms with Crippen LogP contribution < -0.4 is 15.4 Å². The highest BCUT2D eigenvalue weighted by Gasteiger charge is 2.02. The minimum Gasteiger partial charge on any atom is -0.494 e. The van der Waals surface area contributed by atoms with Gasteiger partial charge in [-0.15, -0.1) is 0 Å². The Balaban J connectivity index is 2.09. The summed E-state index contributed by atoms with van der Waals surface area (Å²) in [7, 11) is -1.21. The van der Waals surface area contributed by atoms with Crippen LogP contribution in [-0.4, -0.2) is 53.1 Å². The maximum absolute atomic E-state index is 11.0. The van der Waals surface area contributed by atoms with Crippen LogP contribution in [0, 0.1) is 0 Å². The molecule has 0 aliphatic rings. The van der Waals surface area contributed by atoms with E-state index in [0.29, 0.717) is 25.5 Å². The van der Waals surface area contributed by atoms with E-state index in [1.165, 1.54) is 6.26 Å².